The number of alkyl halides is 1. The van der Waals surface area contributed by atoms with Gasteiger partial charge in [0, 0.05) is 23.5 Å². The van der Waals surface area contributed by atoms with Gasteiger partial charge in [-0.2, -0.15) is 5.26 Å². The van der Waals surface area contributed by atoms with E-state index in [0.717, 1.165) is 24.7 Å². The first kappa shape index (κ1) is 12.1. The highest BCUT2D eigenvalue weighted by atomic mass is 79.9. The first-order chi connectivity index (χ1) is 8.26. The van der Waals surface area contributed by atoms with Gasteiger partial charge in [0.2, 0.25) is 0 Å². The van der Waals surface area contributed by atoms with Crippen LogP contribution in [0, 0.1) is 11.3 Å². The lowest BCUT2D eigenvalue weighted by molar-refractivity contribution is 0.0754. The molecule has 0 heterocycles. The van der Waals surface area contributed by atoms with Gasteiger partial charge in [-0.15, -0.1) is 0 Å². The quantitative estimate of drug-likeness (QED) is 0.801. The molecule has 0 aliphatic heterocycles. The SMILES string of the molecule is N#Cc1cccc(C(=O)N(CCBr)C2CC2)c1. The van der Waals surface area contributed by atoms with Crippen molar-refractivity contribution in [1.29, 1.82) is 5.26 Å². The maximum absolute atomic E-state index is 12.3. The third kappa shape index (κ3) is 2.86. The fraction of sp³-hybridized carbons (Fsp3) is 0.385. The molecule has 1 amide bonds. The van der Waals surface area contributed by atoms with E-state index in [0.29, 0.717) is 17.2 Å². The first-order valence-corrected chi connectivity index (χ1v) is 6.75. The molecule has 17 heavy (non-hydrogen) atoms. The number of hydrogen-bond acceptors (Lipinski definition) is 2. The van der Waals surface area contributed by atoms with Gasteiger partial charge in [-0.1, -0.05) is 22.0 Å². The smallest absolute Gasteiger partial charge is 0.254 e. The molecular weight excluding hydrogens is 280 g/mol. The number of nitrogens with zero attached hydrogens (tertiary/aromatic N) is 2. The Labute approximate surface area is 109 Å². The number of carbonyl (C=O) groups excluding carboxylic acids is 1. The summed E-state index contributed by atoms with van der Waals surface area (Å²) in [5.74, 6) is 0.0315. The van der Waals surface area contributed by atoms with E-state index in [1.165, 1.54) is 0 Å². The van der Waals surface area contributed by atoms with Crippen molar-refractivity contribution in [2.75, 3.05) is 11.9 Å². The molecule has 0 bridgehead atoms. The van der Waals surface area contributed by atoms with Crippen LogP contribution in [0.25, 0.3) is 0 Å². The number of carbonyl (C=O) groups is 1. The summed E-state index contributed by atoms with van der Waals surface area (Å²) in [6, 6.07) is 9.35. The van der Waals surface area contributed by atoms with Crippen molar-refractivity contribution in [2.45, 2.75) is 18.9 Å². The predicted octanol–water partition coefficient (Wildman–Crippen LogP) is 2.56. The molecule has 0 N–H and O–H groups in total. The molecule has 0 radical (unpaired) electrons. The Morgan fingerprint density at radius 2 is 2.29 bits per heavy atom. The van der Waals surface area contributed by atoms with E-state index < -0.39 is 0 Å². The zero-order valence-electron chi connectivity index (χ0n) is 9.40. The van der Waals surface area contributed by atoms with Crippen LogP contribution in [0.4, 0.5) is 0 Å². The van der Waals surface area contributed by atoms with Gasteiger partial charge in [0.25, 0.3) is 5.91 Å². The molecule has 0 spiro atoms. The molecule has 0 unspecified atom stereocenters. The molecule has 4 heteroatoms. The lowest BCUT2D eigenvalue weighted by Crippen LogP contribution is -2.34. The summed E-state index contributed by atoms with van der Waals surface area (Å²) < 4.78 is 0. The molecule has 0 aromatic heterocycles. The van der Waals surface area contributed by atoms with Crippen molar-refractivity contribution in [3.63, 3.8) is 0 Å². The second-order valence-corrected chi connectivity index (χ2v) is 4.90. The zero-order valence-corrected chi connectivity index (χ0v) is 11.0. The van der Waals surface area contributed by atoms with Crippen LogP contribution >= 0.6 is 15.9 Å². The van der Waals surface area contributed by atoms with Gasteiger partial charge in [-0.05, 0) is 31.0 Å². The molecule has 0 saturated heterocycles. The lowest BCUT2D eigenvalue weighted by atomic mass is 10.1. The van der Waals surface area contributed by atoms with Crippen molar-refractivity contribution in [2.24, 2.45) is 0 Å². The molecule has 1 fully saturated rings. The number of rotatable bonds is 4. The Balaban J connectivity index is 2.19. The molecule has 0 atom stereocenters. The summed E-state index contributed by atoms with van der Waals surface area (Å²) in [6.07, 6.45) is 2.19. The lowest BCUT2D eigenvalue weighted by Gasteiger charge is -2.21. The van der Waals surface area contributed by atoms with Gasteiger partial charge in [0.15, 0.2) is 0 Å². The summed E-state index contributed by atoms with van der Waals surface area (Å²) in [5.41, 5.74) is 1.14. The topological polar surface area (TPSA) is 44.1 Å². The first-order valence-electron chi connectivity index (χ1n) is 5.63. The maximum Gasteiger partial charge on any atom is 0.254 e. The van der Waals surface area contributed by atoms with E-state index in [1.807, 2.05) is 4.90 Å². The van der Waals surface area contributed by atoms with E-state index >= 15 is 0 Å². The monoisotopic (exact) mass is 292 g/mol. The highest BCUT2D eigenvalue weighted by Crippen LogP contribution is 2.28. The summed E-state index contributed by atoms with van der Waals surface area (Å²) in [6.45, 7) is 0.723. The minimum absolute atomic E-state index is 0.0315. The number of halogens is 1. The minimum Gasteiger partial charge on any atom is -0.335 e. The Kier molecular flexibility index (Phi) is 3.80. The van der Waals surface area contributed by atoms with Crippen molar-refractivity contribution in [3.05, 3.63) is 35.4 Å². The summed E-state index contributed by atoms with van der Waals surface area (Å²) >= 11 is 3.37. The Hall–Kier alpha value is -1.34. The van der Waals surface area contributed by atoms with Gasteiger partial charge in [-0.25, -0.2) is 0 Å². The van der Waals surface area contributed by atoms with Crippen molar-refractivity contribution < 1.29 is 4.79 Å². The maximum atomic E-state index is 12.3. The number of hydrogen-bond donors (Lipinski definition) is 0. The molecule has 1 saturated carbocycles. The van der Waals surface area contributed by atoms with E-state index in [2.05, 4.69) is 22.0 Å². The number of benzene rings is 1. The van der Waals surface area contributed by atoms with E-state index in [9.17, 15) is 4.79 Å². The van der Waals surface area contributed by atoms with Crippen LogP contribution in [-0.4, -0.2) is 28.7 Å². The average Bonchev–Trinajstić information content (AvgIpc) is 3.19. The number of amides is 1. The number of nitriles is 1. The van der Waals surface area contributed by atoms with Crippen LogP contribution in [-0.2, 0) is 0 Å². The van der Waals surface area contributed by atoms with Crippen LogP contribution in [0.3, 0.4) is 0 Å². The van der Waals surface area contributed by atoms with Crippen LogP contribution in [0.2, 0.25) is 0 Å². The van der Waals surface area contributed by atoms with Crippen molar-refractivity contribution in [3.8, 4) is 6.07 Å². The fourth-order valence-electron chi connectivity index (χ4n) is 1.81. The molecule has 1 aromatic rings. The van der Waals surface area contributed by atoms with Crippen LogP contribution < -0.4 is 0 Å². The van der Waals surface area contributed by atoms with Gasteiger partial charge in [0.1, 0.15) is 0 Å². The molecule has 1 aliphatic rings. The van der Waals surface area contributed by atoms with Crippen LogP contribution in [0.5, 0.6) is 0 Å². The van der Waals surface area contributed by atoms with Crippen molar-refractivity contribution >= 4 is 21.8 Å². The van der Waals surface area contributed by atoms with Gasteiger partial charge >= 0.3 is 0 Å². The second-order valence-electron chi connectivity index (χ2n) is 4.11. The molecule has 3 nitrogen and oxygen atoms in total. The third-order valence-electron chi connectivity index (χ3n) is 2.81. The van der Waals surface area contributed by atoms with E-state index in [1.54, 1.807) is 24.3 Å². The second kappa shape index (κ2) is 5.33. The highest BCUT2D eigenvalue weighted by molar-refractivity contribution is 9.09. The van der Waals surface area contributed by atoms with Crippen molar-refractivity contribution in [1.82, 2.24) is 4.90 Å². The summed E-state index contributed by atoms with van der Waals surface area (Å²) in [7, 11) is 0. The molecule has 88 valence electrons. The van der Waals surface area contributed by atoms with Crippen LogP contribution in [0.15, 0.2) is 24.3 Å². The van der Waals surface area contributed by atoms with Gasteiger partial charge in [-0.3, -0.25) is 4.79 Å². The van der Waals surface area contributed by atoms with E-state index in [-0.39, 0.29) is 5.91 Å². The highest BCUT2D eigenvalue weighted by Gasteiger charge is 2.32. The average molecular weight is 293 g/mol. The molecule has 2 rings (SSSR count). The molecule has 1 aromatic carbocycles. The molecule has 1 aliphatic carbocycles. The van der Waals surface area contributed by atoms with Gasteiger partial charge in [0.05, 0.1) is 11.6 Å². The van der Waals surface area contributed by atoms with Gasteiger partial charge < -0.3 is 4.90 Å². The Morgan fingerprint density at radius 1 is 1.53 bits per heavy atom. The Morgan fingerprint density at radius 3 is 2.88 bits per heavy atom. The predicted molar refractivity (Wildman–Crippen MR) is 69.0 cm³/mol. The standard InChI is InChI=1S/C13H13BrN2O/c14-6-7-16(12-4-5-12)13(17)11-3-1-2-10(8-11)9-15/h1-3,8,12H,4-7H2. The summed E-state index contributed by atoms with van der Waals surface area (Å²) in [5, 5.41) is 9.61. The van der Waals surface area contributed by atoms with Crippen LogP contribution in [0.1, 0.15) is 28.8 Å². The Bertz CT molecular complexity index is 463. The molecular formula is C13H13BrN2O. The van der Waals surface area contributed by atoms with E-state index in [4.69, 9.17) is 5.26 Å². The third-order valence-corrected chi connectivity index (χ3v) is 3.17. The largest absolute Gasteiger partial charge is 0.335 e. The minimum atomic E-state index is 0.0315. The summed E-state index contributed by atoms with van der Waals surface area (Å²) in [4.78, 5) is 14.2. The fourth-order valence-corrected chi connectivity index (χ4v) is 2.20. The zero-order chi connectivity index (χ0) is 12.3. The normalized spacial score (nSPS) is 14.1.